The van der Waals surface area contributed by atoms with Crippen LogP contribution in [0.1, 0.15) is 19.3 Å². The molecule has 2 aromatic rings. The van der Waals surface area contributed by atoms with Crippen molar-refractivity contribution in [1.29, 1.82) is 0 Å². The lowest BCUT2D eigenvalue weighted by molar-refractivity contribution is -0.122. The third-order valence-electron chi connectivity index (χ3n) is 4.44. The minimum atomic E-state index is 0.0726. The molecule has 1 heterocycles. The first-order valence-corrected chi connectivity index (χ1v) is 8.48. The molecule has 26 heavy (non-hydrogen) atoms. The Balaban J connectivity index is 1.71. The highest BCUT2D eigenvalue weighted by Crippen LogP contribution is 2.40. The van der Waals surface area contributed by atoms with Gasteiger partial charge in [0.25, 0.3) is 0 Å². The van der Waals surface area contributed by atoms with E-state index in [4.69, 9.17) is 14.2 Å². The van der Waals surface area contributed by atoms with E-state index in [0.717, 1.165) is 24.9 Å². The van der Waals surface area contributed by atoms with Crippen molar-refractivity contribution < 1.29 is 19.0 Å². The first-order valence-electron chi connectivity index (χ1n) is 8.48. The fraction of sp³-hybridized carbons (Fsp3) is 0.368. The molecule has 0 unspecified atom stereocenters. The van der Waals surface area contributed by atoms with E-state index in [0.29, 0.717) is 28.8 Å². The van der Waals surface area contributed by atoms with E-state index < -0.39 is 0 Å². The van der Waals surface area contributed by atoms with Crippen LogP contribution in [0.3, 0.4) is 0 Å². The number of aromatic nitrogens is 1. The molecule has 1 aromatic carbocycles. The number of carbonyl (C=O) groups is 1. The molecule has 0 spiro atoms. The normalized spacial score (nSPS) is 13.5. The van der Waals surface area contributed by atoms with Gasteiger partial charge in [-0.25, -0.2) is 4.98 Å². The van der Waals surface area contributed by atoms with Crippen LogP contribution in [-0.4, -0.2) is 32.2 Å². The van der Waals surface area contributed by atoms with E-state index in [1.54, 1.807) is 45.7 Å². The van der Waals surface area contributed by atoms with E-state index in [9.17, 15) is 4.79 Å². The predicted molar refractivity (Wildman–Crippen MR) is 99.6 cm³/mol. The number of anilines is 3. The number of pyridine rings is 1. The zero-order chi connectivity index (χ0) is 18.5. The fourth-order valence-corrected chi connectivity index (χ4v) is 2.76. The van der Waals surface area contributed by atoms with Crippen molar-refractivity contribution in [2.24, 2.45) is 5.92 Å². The molecule has 7 nitrogen and oxygen atoms in total. The number of methoxy groups -OCH3 is 3. The quantitative estimate of drug-likeness (QED) is 0.788. The predicted octanol–water partition coefficient (Wildman–Crippen LogP) is 3.59. The van der Waals surface area contributed by atoms with Crippen molar-refractivity contribution in [1.82, 2.24) is 4.98 Å². The number of carbonyl (C=O) groups excluding carboxylic acids is 1. The summed E-state index contributed by atoms with van der Waals surface area (Å²) >= 11 is 0. The molecule has 1 aliphatic rings. The van der Waals surface area contributed by atoms with Crippen molar-refractivity contribution in [3.8, 4) is 17.2 Å². The largest absolute Gasteiger partial charge is 0.493 e. The summed E-state index contributed by atoms with van der Waals surface area (Å²) in [6.45, 7) is 0. The Morgan fingerprint density at radius 1 is 1.04 bits per heavy atom. The van der Waals surface area contributed by atoms with E-state index in [2.05, 4.69) is 15.6 Å². The Kier molecular flexibility index (Phi) is 5.46. The average Bonchev–Trinajstić information content (AvgIpc) is 2.61. The molecule has 1 fully saturated rings. The van der Waals surface area contributed by atoms with Gasteiger partial charge in [0.1, 0.15) is 5.82 Å². The maximum absolute atomic E-state index is 12.0. The van der Waals surface area contributed by atoms with Crippen molar-refractivity contribution in [2.45, 2.75) is 19.3 Å². The van der Waals surface area contributed by atoms with Crippen LogP contribution >= 0.6 is 0 Å². The molecule has 0 radical (unpaired) electrons. The highest BCUT2D eigenvalue weighted by atomic mass is 16.5. The summed E-state index contributed by atoms with van der Waals surface area (Å²) in [6.07, 6.45) is 4.71. The highest BCUT2D eigenvalue weighted by Gasteiger charge is 2.25. The Labute approximate surface area is 152 Å². The van der Waals surface area contributed by atoms with Crippen molar-refractivity contribution in [3.63, 3.8) is 0 Å². The number of amides is 1. The number of benzene rings is 1. The minimum Gasteiger partial charge on any atom is -0.493 e. The summed E-state index contributed by atoms with van der Waals surface area (Å²) in [4.78, 5) is 16.3. The zero-order valence-electron chi connectivity index (χ0n) is 15.2. The summed E-state index contributed by atoms with van der Waals surface area (Å²) in [7, 11) is 4.70. The molecular weight excluding hydrogens is 334 g/mol. The molecular formula is C19H23N3O4. The standard InChI is InChI=1S/C19H23N3O4/c1-24-15-9-14(10-16(25-2)18(15)26-3)21-17-8-7-13(11-20-17)22-19(23)12-5-4-6-12/h7-12H,4-6H2,1-3H3,(H,20,21)(H,22,23). The van der Waals surface area contributed by atoms with Gasteiger partial charge in [-0.15, -0.1) is 0 Å². The fourth-order valence-electron chi connectivity index (χ4n) is 2.76. The first-order chi connectivity index (χ1) is 12.6. The maximum Gasteiger partial charge on any atom is 0.227 e. The Morgan fingerprint density at radius 3 is 2.19 bits per heavy atom. The van der Waals surface area contributed by atoms with Crippen LogP contribution < -0.4 is 24.8 Å². The van der Waals surface area contributed by atoms with Gasteiger partial charge in [0, 0.05) is 23.7 Å². The molecule has 7 heteroatoms. The topological polar surface area (TPSA) is 81.7 Å². The van der Waals surface area contributed by atoms with Gasteiger partial charge in [0.15, 0.2) is 11.5 Å². The first kappa shape index (κ1) is 17.8. The monoisotopic (exact) mass is 357 g/mol. The number of nitrogens with one attached hydrogen (secondary N) is 2. The van der Waals surface area contributed by atoms with Crippen LogP contribution in [0.4, 0.5) is 17.2 Å². The molecule has 0 atom stereocenters. The van der Waals surface area contributed by atoms with Gasteiger partial charge in [-0.1, -0.05) is 6.42 Å². The Bertz CT molecular complexity index is 748. The van der Waals surface area contributed by atoms with Crippen molar-refractivity contribution in [3.05, 3.63) is 30.5 Å². The third-order valence-corrected chi connectivity index (χ3v) is 4.44. The number of hydrogen-bond acceptors (Lipinski definition) is 6. The lowest BCUT2D eigenvalue weighted by Gasteiger charge is -2.23. The highest BCUT2D eigenvalue weighted by molar-refractivity contribution is 5.92. The lowest BCUT2D eigenvalue weighted by Crippen LogP contribution is -2.28. The molecule has 1 saturated carbocycles. The SMILES string of the molecule is COc1cc(Nc2ccc(NC(=O)C3CCC3)cn2)cc(OC)c1OC. The molecule has 0 saturated heterocycles. The molecule has 1 amide bonds. The van der Waals surface area contributed by atoms with Gasteiger partial charge < -0.3 is 24.8 Å². The molecule has 2 N–H and O–H groups in total. The Hall–Kier alpha value is -2.96. The molecule has 3 rings (SSSR count). The number of nitrogens with zero attached hydrogens (tertiary/aromatic N) is 1. The zero-order valence-corrected chi connectivity index (χ0v) is 15.2. The summed E-state index contributed by atoms with van der Waals surface area (Å²) in [5, 5.41) is 6.09. The summed E-state index contributed by atoms with van der Waals surface area (Å²) in [5.41, 5.74) is 1.44. The number of ether oxygens (including phenoxy) is 3. The lowest BCUT2D eigenvalue weighted by atomic mass is 9.85. The molecule has 1 aromatic heterocycles. The van der Waals surface area contributed by atoms with E-state index in [1.807, 2.05) is 6.07 Å². The van der Waals surface area contributed by atoms with E-state index >= 15 is 0 Å². The molecule has 0 bridgehead atoms. The van der Waals surface area contributed by atoms with Gasteiger partial charge >= 0.3 is 0 Å². The molecule has 1 aliphatic carbocycles. The van der Waals surface area contributed by atoms with Crippen LogP contribution in [-0.2, 0) is 4.79 Å². The van der Waals surface area contributed by atoms with Gasteiger partial charge in [0.05, 0.1) is 33.2 Å². The van der Waals surface area contributed by atoms with Crippen molar-refractivity contribution in [2.75, 3.05) is 32.0 Å². The van der Waals surface area contributed by atoms with Crippen LogP contribution in [0.2, 0.25) is 0 Å². The van der Waals surface area contributed by atoms with Crippen LogP contribution in [0.5, 0.6) is 17.2 Å². The van der Waals surface area contributed by atoms with Gasteiger partial charge in [0.2, 0.25) is 11.7 Å². The summed E-state index contributed by atoms with van der Waals surface area (Å²) in [5.74, 6) is 2.50. The van der Waals surface area contributed by atoms with E-state index in [-0.39, 0.29) is 11.8 Å². The summed E-state index contributed by atoms with van der Waals surface area (Å²) < 4.78 is 16.0. The molecule has 0 aliphatic heterocycles. The van der Waals surface area contributed by atoms with Crippen LogP contribution in [0.25, 0.3) is 0 Å². The van der Waals surface area contributed by atoms with Crippen molar-refractivity contribution >= 4 is 23.1 Å². The van der Waals surface area contributed by atoms with Crippen LogP contribution in [0, 0.1) is 5.92 Å². The second kappa shape index (κ2) is 7.95. The van der Waals surface area contributed by atoms with Gasteiger partial charge in [-0.05, 0) is 25.0 Å². The minimum absolute atomic E-state index is 0.0726. The second-order valence-corrected chi connectivity index (χ2v) is 6.09. The second-order valence-electron chi connectivity index (χ2n) is 6.09. The number of hydrogen-bond donors (Lipinski definition) is 2. The van der Waals surface area contributed by atoms with Crippen LogP contribution in [0.15, 0.2) is 30.5 Å². The smallest absolute Gasteiger partial charge is 0.227 e. The van der Waals surface area contributed by atoms with E-state index in [1.165, 1.54) is 0 Å². The Morgan fingerprint density at radius 2 is 1.73 bits per heavy atom. The van der Waals surface area contributed by atoms with Gasteiger partial charge in [-0.3, -0.25) is 4.79 Å². The average molecular weight is 357 g/mol. The summed E-state index contributed by atoms with van der Waals surface area (Å²) in [6, 6.07) is 7.23. The molecule has 138 valence electrons. The van der Waals surface area contributed by atoms with Gasteiger partial charge in [-0.2, -0.15) is 0 Å². The third kappa shape index (κ3) is 3.82. The maximum atomic E-state index is 12.0. The number of rotatable bonds is 7.